The number of hydrogen-bond acceptors (Lipinski definition) is 7. The van der Waals surface area contributed by atoms with Gasteiger partial charge in [-0.1, -0.05) is 11.6 Å². The van der Waals surface area contributed by atoms with Crippen molar-refractivity contribution in [3.05, 3.63) is 53.4 Å². The van der Waals surface area contributed by atoms with Crippen molar-refractivity contribution in [1.29, 1.82) is 0 Å². The summed E-state index contributed by atoms with van der Waals surface area (Å²) in [6.07, 6.45) is -2.58. The fourth-order valence-electron chi connectivity index (χ4n) is 3.30. The van der Waals surface area contributed by atoms with E-state index >= 15 is 0 Å². The molecule has 0 saturated carbocycles. The zero-order chi connectivity index (χ0) is 19.7. The predicted molar refractivity (Wildman–Crippen MR) is 96.6 cm³/mol. The molecule has 0 unspecified atom stereocenters. The third kappa shape index (κ3) is 4.01. The first-order valence-corrected chi connectivity index (χ1v) is 9.22. The quantitative estimate of drug-likeness (QED) is 0.796. The van der Waals surface area contributed by atoms with E-state index in [0.717, 1.165) is 0 Å². The molecule has 2 N–H and O–H groups in total. The zero-order valence-electron chi connectivity index (χ0n) is 15.0. The molecule has 2 aliphatic heterocycles. The lowest BCUT2D eigenvalue weighted by Crippen LogP contribution is -2.67. The molecule has 2 aliphatic rings. The molecule has 0 radical (unpaired) electrons. The van der Waals surface area contributed by atoms with Crippen molar-refractivity contribution in [2.75, 3.05) is 6.61 Å². The second kappa shape index (κ2) is 8.10. The number of carbonyl (C=O) groups is 1. The molecule has 150 valence electrons. The molecule has 2 saturated heterocycles. The second-order valence-electron chi connectivity index (χ2n) is 6.61. The minimum atomic E-state index is -1.08. The van der Waals surface area contributed by atoms with Gasteiger partial charge >= 0.3 is 0 Å². The van der Waals surface area contributed by atoms with Crippen LogP contribution in [0.25, 0.3) is 0 Å². The Balaban J connectivity index is 1.53. The number of rotatable bonds is 4. The van der Waals surface area contributed by atoms with Gasteiger partial charge in [-0.25, -0.2) is 0 Å². The molecule has 2 aromatic rings. The van der Waals surface area contributed by atoms with Crippen LogP contribution in [0.15, 0.2) is 47.1 Å². The molecule has 0 aliphatic carbocycles. The summed E-state index contributed by atoms with van der Waals surface area (Å²) in [6.45, 7) is 1.52. The SMILES string of the molecule is CC(=O)N[C@@H]1[C@H](Oc2ccc(Cl)cc2)O[C@@H]2CO[C@@H](c3ccco3)O[C@@H]2[C@@H]1O. The zero-order valence-corrected chi connectivity index (χ0v) is 15.7. The van der Waals surface area contributed by atoms with Crippen LogP contribution < -0.4 is 10.1 Å². The molecular weight excluding hydrogens is 390 g/mol. The first-order chi connectivity index (χ1) is 13.5. The van der Waals surface area contributed by atoms with E-state index in [1.807, 2.05) is 0 Å². The molecular formula is C19H20ClNO7. The first-order valence-electron chi connectivity index (χ1n) is 8.84. The number of aliphatic hydroxyl groups excluding tert-OH is 1. The minimum Gasteiger partial charge on any atom is -0.464 e. The van der Waals surface area contributed by atoms with E-state index in [4.69, 9.17) is 35.0 Å². The predicted octanol–water partition coefficient (Wildman–Crippen LogP) is 2.02. The lowest BCUT2D eigenvalue weighted by molar-refractivity contribution is -0.336. The number of hydrogen-bond donors (Lipinski definition) is 2. The van der Waals surface area contributed by atoms with Gasteiger partial charge in [0.1, 0.15) is 30.1 Å². The van der Waals surface area contributed by atoms with Crippen molar-refractivity contribution in [2.24, 2.45) is 0 Å². The van der Waals surface area contributed by atoms with Gasteiger partial charge in [0.2, 0.25) is 18.5 Å². The van der Waals surface area contributed by atoms with Crippen molar-refractivity contribution in [3.63, 3.8) is 0 Å². The van der Waals surface area contributed by atoms with E-state index in [2.05, 4.69) is 5.32 Å². The van der Waals surface area contributed by atoms with Gasteiger partial charge in [0.25, 0.3) is 0 Å². The highest BCUT2D eigenvalue weighted by atomic mass is 35.5. The van der Waals surface area contributed by atoms with Gasteiger partial charge in [-0.15, -0.1) is 0 Å². The average molecular weight is 410 g/mol. The van der Waals surface area contributed by atoms with Crippen LogP contribution in [-0.4, -0.2) is 48.3 Å². The molecule has 1 amide bonds. The second-order valence-corrected chi connectivity index (χ2v) is 7.05. The number of amides is 1. The molecule has 2 fully saturated rings. The lowest BCUT2D eigenvalue weighted by Gasteiger charge is -2.47. The summed E-state index contributed by atoms with van der Waals surface area (Å²) in [5, 5.41) is 14.2. The fraction of sp³-hybridized carbons (Fsp3) is 0.421. The summed E-state index contributed by atoms with van der Waals surface area (Å²) in [5.41, 5.74) is 0. The van der Waals surface area contributed by atoms with Crippen molar-refractivity contribution in [2.45, 2.75) is 43.9 Å². The summed E-state index contributed by atoms with van der Waals surface area (Å²) in [5.74, 6) is 0.647. The van der Waals surface area contributed by atoms with Crippen LogP contribution in [0, 0.1) is 0 Å². The smallest absolute Gasteiger partial charge is 0.223 e. The number of aliphatic hydroxyl groups is 1. The van der Waals surface area contributed by atoms with Gasteiger partial charge in [-0.3, -0.25) is 4.79 Å². The number of furan rings is 1. The highest BCUT2D eigenvalue weighted by molar-refractivity contribution is 6.30. The Bertz CT molecular complexity index is 797. The standard InChI is InChI=1S/C19H20ClNO7/c1-10(22)21-15-16(23)17-14(9-25-18(28-17)13-3-2-8-24-13)27-19(15)26-12-6-4-11(20)5-7-12/h2-8,14-19,23H,9H2,1H3,(H,21,22)/t14-,15+,16-,17+,18-,19-/m1/s1. The highest BCUT2D eigenvalue weighted by Crippen LogP contribution is 2.35. The summed E-state index contributed by atoms with van der Waals surface area (Å²) < 4.78 is 28.6. The molecule has 9 heteroatoms. The molecule has 1 aromatic heterocycles. The molecule has 3 heterocycles. The van der Waals surface area contributed by atoms with Crippen LogP contribution in [0.3, 0.4) is 0 Å². The Labute approximate surface area is 166 Å². The van der Waals surface area contributed by atoms with E-state index in [9.17, 15) is 9.90 Å². The fourth-order valence-corrected chi connectivity index (χ4v) is 3.42. The number of carbonyl (C=O) groups excluding carboxylic acids is 1. The maximum absolute atomic E-state index is 11.7. The van der Waals surface area contributed by atoms with Crippen molar-refractivity contribution >= 4 is 17.5 Å². The van der Waals surface area contributed by atoms with Crippen LogP contribution in [-0.2, 0) is 19.0 Å². The number of ether oxygens (including phenoxy) is 4. The van der Waals surface area contributed by atoms with Gasteiger partial charge in [-0.05, 0) is 36.4 Å². The maximum atomic E-state index is 11.7. The Morgan fingerprint density at radius 1 is 1.25 bits per heavy atom. The third-order valence-electron chi connectivity index (χ3n) is 4.58. The van der Waals surface area contributed by atoms with Crippen molar-refractivity contribution < 1.29 is 33.3 Å². The van der Waals surface area contributed by atoms with E-state index in [1.165, 1.54) is 13.2 Å². The first kappa shape index (κ1) is 19.2. The van der Waals surface area contributed by atoms with Crippen LogP contribution in [0.4, 0.5) is 0 Å². The number of benzene rings is 1. The van der Waals surface area contributed by atoms with E-state index in [0.29, 0.717) is 16.5 Å². The van der Waals surface area contributed by atoms with Crippen LogP contribution in [0.2, 0.25) is 5.02 Å². The van der Waals surface area contributed by atoms with Gasteiger partial charge < -0.3 is 33.8 Å². The highest BCUT2D eigenvalue weighted by Gasteiger charge is 2.51. The Kier molecular flexibility index (Phi) is 5.56. The molecule has 8 nitrogen and oxygen atoms in total. The van der Waals surface area contributed by atoms with Gasteiger partial charge in [0.05, 0.1) is 12.9 Å². The minimum absolute atomic E-state index is 0.167. The van der Waals surface area contributed by atoms with E-state index in [1.54, 1.807) is 36.4 Å². The summed E-state index contributed by atoms with van der Waals surface area (Å²) in [4.78, 5) is 11.7. The maximum Gasteiger partial charge on any atom is 0.223 e. The Hall–Kier alpha value is -2.10. The van der Waals surface area contributed by atoms with Crippen molar-refractivity contribution in [3.8, 4) is 5.75 Å². The lowest BCUT2D eigenvalue weighted by atomic mass is 9.96. The van der Waals surface area contributed by atoms with Gasteiger partial charge in [0.15, 0.2) is 5.76 Å². The van der Waals surface area contributed by atoms with E-state index in [-0.39, 0.29) is 12.5 Å². The summed E-state index contributed by atoms with van der Waals surface area (Å²) in [6, 6.07) is 9.30. The van der Waals surface area contributed by atoms with Gasteiger partial charge in [0, 0.05) is 11.9 Å². The largest absolute Gasteiger partial charge is 0.464 e. The topological polar surface area (TPSA) is 99.4 Å². The number of nitrogens with one attached hydrogen (secondary N) is 1. The van der Waals surface area contributed by atoms with E-state index < -0.39 is 36.9 Å². The molecule has 0 bridgehead atoms. The molecule has 4 rings (SSSR count). The molecule has 0 spiro atoms. The van der Waals surface area contributed by atoms with Crippen molar-refractivity contribution in [1.82, 2.24) is 5.32 Å². The third-order valence-corrected chi connectivity index (χ3v) is 4.83. The molecule has 6 atom stereocenters. The van der Waals surface area contributed by atoms with Crippen LogP contribution >= 0.6 is 11.6 Å². The summed E-state index contributed by atoms with van der Waals surface area (Å²) >= 11 is 5.90. The number of halogens is 1. The van der Waals surface area contributed by atoms with Gasteiger partial charge in [-0.2, -0.15) is 0 Å². The average Bonchev–Trinajstić information content (AvgIpc) is 3.21. The number of fused-ring (bicyclic) bond motifs is 1. The molecule has 1 aromatic carbocycles. The normalized spacial score (nSPS) is 32.4. The Morgan fingerprint density at radius 3 is 2.71 bits per heavy atom. The van der Waals surface area contributed by atoms with Crippen LogP contribution in [0.1, 0.15) is 19.0 Å². The summed E-state index contributed by atoms with van der Waals surface area (Å²) in [7, 11) is 0. The Morgan fingerprint density at radius 2 is 2.04 bits per heavy atom. The van der Waals surface area contributed by atoms with Crippen LogP contribution in [0.5, 0.6) is 5.75 Å². The monoisotopic (exact) mass is 409 g/mol. The molecule has 28 heavy (non-hydrogen) atoms.